The fourth-order valence-corrected chi connectivity index (χ4v) is 1.47. The number of phenolic OH excluding ortho intramolecular Hbond substituents is 1. The van der Waals surface area contributed by atoms with E-state index in [1.54, 1.807) is 13.2 Å². The molecule has 0 amide bonds. The summed E-state index contributed by atoms with van der Waals surface area (Å²) in [5, 5.41) is 9.73. The number of aromatic hydroxyl groups is 1. The molecular formula is C14H20O2. The number of hydrogen-bond acceptors (Lipinski definition) is 2. The first kappa shape index (κ1) is 12.8. The van der Waals surface area contributed by atoms with E-state index < -0.39 is 0 Å². The van der Waals surface area contributed by atoms with Crippen LogP contribution in [0.1, 0.15) is 38.0 Å². The van der Waals surface area contributed by atoms with Gasteiger partial charge in [-0.2, -0.15) is 0 Å². The van der Waals surface area contributed by atoms with E-state index in [4.69, 9.17) is 4.74 Å². The van der Waals surface area contributed by atoms with Crippen LogP contribution in [0, 0.1) is 0 Å². The molecule has 0 bridgehead atoms. The lowest BCUT2D eigenvalue weighted by Gasteiger charge is -2.12. The Balaban J connectivity index is 2.94. The molecule has 2 nitrogen and oxygen atoms in total. The highest BCUT2D eigenvalue weighted by atomic mass is 16.5. The van der Waals surface area contributed by atoms with Crippen LogP contribution in [0.3, 0.4) is 0 Å². The summed E-state index contributed by atoms with van der Waals surface area (Å²) in [5.41, 5.74) is 3.30. The van der Waals surface area contributed by atoms with Crippen molar-refractivity contribution in [2.24, 2.45) is 0 Å². The van der Waals surface area contributed by atoms with Crippen molar-refractivity contribution in [2.45, 2.75) is 33.3 Å². The summed E-state index contributed by atoms with van der Waals surface area (Å²) in [7, 11) is 1.69. The highest BCUT2D eigenvalue weighted by molar-refractivity contribution is 5.38. The Hall–Kier alpha value is -1.28. The molecule has 0 radical (unpaired) electrons. The largest absolute Gasteiger partial charge is 0.508 e. The van der Waals surface area contributed by atoms with Gasteiger partial charge in [-0.25, -0.2) is 0 Å². The third kappa shape index (κ3) is 3.38. The lowest BCUT2D eigenvalue weighted by atomic mass is 10.0. The van der Waals surface area contributed by atoms with Gasteiger partial charge >= 0.3 is 0 Å². The van der Waals surface area contributed by atoms with E-state index in [0.29, 0.717) is 5.75 Å². The monoisotopic (exact) mass is 220 g/mol. The van der Waals surface area contributed by atoms with Crippen LogP contribution in [-0.2, 0) is 11.2 Å². The molecule has 2 heteroatoms. The molecular weight excluding hydrogens is 200 g/mol. The van der Waals surface area contributed by atoms with Gasteiger partial charge in [0.25, 0.3) is 0 Å². The van der Waals surface area contributed by atoms with E-state index in [0.717, 1.165) is 17.5 Å². The summed E-state index contributed by atoms with van der Waals surface area (Å²) in [4.78, 5) is 0. The molecule has 0 aliphatic heterocycles. The summed E-state index contributed by atoms with van der Waals surface area (Å²) in [6.45, 7) is 6.11. The van der Waals surface area contributed by atoms with E-state index in [9.17, 15) is 5.11 Å². The van der Waals surface area contributed by atoms with Crippen molar-refractivity contribution in [1.29, 1.82) is 0 Å². The van der Waals surface area contributed by atoms with Crippen molar-refractivity contribution in [2.75, 3.05) is 7.11 Å². The predicted molar refractivity (Wildman–Crippen MR) is 66.7 cm³/mol. The molecule has 16 heavy (non-hydrogen) atoms. The van der Waals surface area contributed by atoms with Gasteiger partial charge in [0.2, 0.25) is 0 Å². The molecule has 0 fully saturated rings. The van der Waals surface area contributed by atoms with Crippen molar-refractivity contribution in [3.05, 3.63) is 41.0 Å². The third-order valence-corrected chi connectivity index (χ3v) is 2.66. The Kier molecular flexibility index (Phi) is 4.56. The van der Waals surface area contributed by atoms with Gasteiger partial charge in [0.05, 0.1) is 6.10 Å². The lowest BCUT2D eigenvalue weighted by Crippen LogP contribution is -1.97. The second-order valence-electron chi connectivity index (χ2n) is 4.25. The van der Waals surface area contributed by atoms with Crippen LogP contribution in [0.25, 0.3) is 0 Å². The zero-order valence-corrected chi connectivity index (χ0v) is 10.4. The van der Waals surface area contributed by atoms with Gasteiger partial charge in [-0.05, 0) is 50.5 Å². The smallest absolute Gasteiger partial charge is 0.119 e. The number of ether oxygens (including phenoxy) is 1. The summed E-state index contributed by atoms with van der Waals surface area (Å²) in [6, 6.07) is 5.64. The quantitative estimate of drug-likeness (QED) is 0.785. The van der Waals surface area contributed by atoms with Crippen molar-refractivity contribution in [3.63, 3.8) is 0 Å². The third-order valence-electron chi connectivity index (χ3n) is 2.66. The second-order valence-corrected chi connectivity index (χ2v) is 4.25. The molecule has 1 atom stereocenters. The number of allylic oxidation sites excluding steroid dienone is 2. The van der Waals surface area contributed by atoms with E-state index in [1.165, 1.54) is 5.57 Å². The van der Waals surface area contributed by atoms with Gasteiger partial charge in [-0.15, -0.1) is 0 Å². The lowest BCUT2D eigenvalue weighted by molar-refractivity contribution is 0.119. The van der Waals surface area contributed by atoms with Gasteiger partial charge < -0.3 is 9.84 Å². The maximum absolute atomic E-state index is 9.73. The molecule has 0 saturated carbocycles. The first-order valence-corrected chi connectivity index (χ1v) is 5.52. The minimum atomic E-state index is 0.0612. The van der Waals surface area contributed by atoms with Crippen molar-refractivity contribution in [1.82, 2.24) is 0 Å². The molecule has 0 unspecified atom stereocenters. The molecule has 1 aromatic carbocycles. The highest BCUT2D eigenvalue weighted by Crippen LogP contribution is 2.24. The number of rotatable bonds is 4. The topological polar surface area (TPSA) is 29.5 Å². The van der Waals surface area contributed by atoms with Crippen LogP contribution in [0.15, 0.2) is 29.8 Å². The number of methoxy groups -OCH3 is 1. The molecule has 1 aromatic rings. The van der Waals surface area contributed by atoms with Crippen LogP contribution < -0.4 is 0 Å². The number of phenols is 1. The summed E-state index contributed by atoms with van der Waals surface area (Å²) in [6.07, 6.45) is 2.93. The van der Waals surface area contributed by atoms with Gasteiger partial charge in [-0.1, -0.05) is 17.7 Å². The minimum absolute atomic E-state index is 0.0612. The van der Waals surface area contributed by atoms with Crippen molar-refractivity contribution < 1.29 is 9.84 Å². The average Bonchev–Trinajstić information content (AvgIpc) is 2.26. The Morgan fingerprint density at radius 2 is 2.12 bits per heavy atom. The summed E-state index contributed by atoms with van der Waals surface area (Å²) >= 11 is 0. The molecule has 0 heterocycles. The second kappa shape index (κ2) is 5.71. The van der Waals surface area contributed by atoms with Crippen LogP contribution in [-0.4, -0.2) is 12.2 Å². The van der Waals surface area contributed by atoms with Crippen LogP contribution in [0.2, 0.25) is 0 Å². The summed E-state index contributed by atoms with van der Waals surface area (Å²) < 4.78 is 5.26. The van der Waals surface area contributed by atoms with Crippen LogP contribution in [0.5, 0.6) is 5.75 Å². The van der Waals surface area contributed by atoms with Gasteiger partial charge in [0.1, 0.15) is 5.75 Å². The first-order chi connectivity index (χ1) is 7.54. The SMILES string of the molecule is CO[C@@H](C)c1ccc(O)c(CC=C(C)C)c1. The normalized spacial score (nSPS) is 12.2. The van der Waals surface area contributed by atoms with Crippen LogP contribution in [0.4, 0.5) is 0 Å². The molecule has 1 rings (SSSR count). The Morgan fingerprint density at radius 1 is 1.44 bits per heavy atom. The zero-order valence-electron chi connectivity index (χ0n) is 10.4. The van der Waals surface area contributed by atoms with Crippen molar-refractivity contribution >= 4 is 0 Å². The zero-order chi connectivity index (χ0) is 12.1. The maximum atomic E-state index is 9.73. The highest BCUT2D eigenvalue weighted by Gasteiger charge is 2.07. The Morgan fingerprint density at radius 3 is 2.69 bits per heavy atom. The van der Waals surface area contributed by atoms with Gasteiger partial charge in [-0.3, -0.25) is 0 Å². The van der Waals surface area contributed by atoms with E-state index in [1.807, 2.05) is 19.1 Å². The summed E-state index contributed by atoms with van der Waals surface area (Å²) in [5.74, 6) is 0.351. The maximum Gasteiger partial charge on any atom is 0.119 e. The van der Waals surface area contributed by atoms with Crippen molar-refractivity contribution in [3.8, 4) is 5.75 Å². The molecule has 0 aromatic heterocycles. The molecule has 0 aliphatic carbocycles. The Bertz CT molecular complexity index is 376. The fourth-order valence-electron chi connectivity index (χ4n) is 1.47. The fraction of sp³-hybridized carbons (Fsp3) is 0.429. The number of hydrogen-bond donors (Lipinski definition) is 1. The van der Waals surface area contributed by atoms with Gasteiger partial charge in [0.15, 0.2) is 0 Å². The van der Waals surface area contributed by atoms with Crippen LogP contribution >= 0.6 is 0 Å². The molecule has 0 aliphatic rings. The molecule has 88 valence electrons. The molecule has 1 N–H and O–H groups in total. The first-order valence-electron chi connectivity index (χ1n) is 5.52. The average molecular weight is 220 g/mol. The van der Waals surface area contributed by atoms with Gasteiger partial charge in [0, 0.05) is 7.11 Å². The predicted octanol–water partition coefficient (Wildman–Crippen LogP) is 3.61. The van der Waals surface area contributed by atoms with E-state index >= 15 is 0 Å². The minimum Gasteiger partial charge on any atom is -0.508 e. The van der Waals surface area contributed by atoms with E-state index in [-0.39, 0.29) is 6.10 Å². The van der Waals surface area contributed by atoms with E-state index in [2.05, 4.69) is 19.9 Å². The molecule has 0 saturated heterocycles. The molecule has 0 spiro atoms. The number of benzene rings is 1. The Labute approximate surface area is 97.6 Å². The standard InChI is InChI=1S/C14H20O2/c1-10(2)5-6-13-9-12(11(3)16-4)7-8-14(13)15/h5,7-9,11,15H,6H2,1-4H3/t11-/m0/s1.